The van der Waals surface area contributed by atoms with Crippen LogP contribution in [0.15, 0.2) is 24.3 Å². The fourth-order valence-electron chi connectivity index (χ4n) is 1.12. The molecule has 0 aliphatic rings. The van der Waals surface area contributed by atoms with Gasteiger partial charge >= 0.3 is 0 Å². The van der Waals surface area contributed by atoms with Crippen molar-refractivity contribution in [2.75, 3.05) is 7.11 Å². The van der Waals surface area contributed by atoms with E-state index in [0.717, 1.165) is 11.3 Å². The molecule has 1 aromatic rings. The van der Waals surface area contributed by atoms with Crippen molar-refractivity contribution >= 4 is 5.71 Å². The van der Waals surface area contributed by atoms with Gasteiger partial charge in [-0.1, -0.05) is 6.92 Å². The van der Waals surface area contributed by atoms with Gasteiger partial charge in [0, 0.05) is 6.42 Å². The molecule has 0 saturated heterocycles. The molecule has 0 spiro atoms. The van der Waals surface area contributed by atoms with E-state index in [4.69, 9.17) is 10.3 Å². The molecule has 68 valence electrons. The first kappa shape index (κ1) is 9.49. The second-order valence-electron chi connectivity index (χ2n) is 2.63. The summed E-state index contributed by atoms with van der Waals surface area (Å²) in [7, 11) is 1.62. The van der Waals surface area contributed by atoms with Crippen LogP contribution in [0.1, 0.15) is 18.9 Å². The van der Waals surface area contributed by atoms with Gasteiger partial charge in [-0.3, -0.25) is 0 Å². The lowest BCUT2D eigenvalue weighted by Gasteiger charge is -1.98. The zero-order valence-corrected chi connectivity index (χ0v) is 7.82. The number of nitrogens with zero attached hydrogens (tertiary/aromatic N) is 2. The molecule has 0 radical (unpaired) electrons. The summed E-state index contributed by atoms with van der Waals surface area (Å²) >= 11 is 0. The maximum absolute atomic E-state index is 8.66. The van der Waals surface area contributed by atoms with Gasteiger partial charge in [-0.05, 0) is 24.3 Å². The largest absolute Gasteiger partial charge is 0.497 e. The SMILES string of the molecule is CCC(=[N+]=[N-])c1ccc(OC)cc1. The molecule has 1 rings (SSSR count). The minimum absolute atomic E-state index is 0.683. The lowest BCUT2D eigenvalue weighted by molar-refractivity contribution is -0.00654. The summed E-state index contributed by atoms with van der Waals surface area (Å²) in [6.45, 7) is 1.94. The van der Waals surface area contributed by atoms with Crippen LogP contribution >= 0.6 is 0 Å². The van der Waals surface area contributed by atoms with Gasteiger partial charge in [-0.15, -0.1) is 0 Å². The zero-order valence-electron chi connectivity index (χ0n) is 7.82. The highest BCUT2D eigenvalue weighted by Gasteiger charge is 2.07. The second kappa shape index (κ2) is 4.43. The van der Waals surface area contributed by atoms with E-state index in [2.05, 4.69) is 4.79 Å². The second-order valence-corrected chi connectivity index (χ2v) is 2.63. The molecule has 0 unspecified atom stereocenters. The molecular formula is C10H12N2O. The fourth-order valence-corrected chi connectivity index (χ4v) is 1.12. The van der Waals surface area contributed by atoms with Crippen LogP contribution in [0, 0.1) is 0 Å². The van der Waals surface area contributed by atoms with Gasteiger partial charge in [0.2, 0.25) is 0 Å². The molecule has 0 aromatic heterocycles. The predicted octanol–water partition coefficient (Wildman–Crippen LogP) is 2.12. The van der Waals surface area contributed by atoms with Gasteiger partial charge < -0.3 is 10.3 Å². The lowest BCUT2D eigenvalue weighted by Crippen LogP contribution is -1.99. The molecule has 0 aliphatic carbocycles. The average molecular weight is 176 g/mol. The van der Waals surface area contributed by atoms with E-state index < -0.39 is 0 Å². The first-order valence-electron chi connectivity index (χ1n) is 4.17. The number of benzene rings is 1. The number of rotatable bonds is 3. The van der Waals surface area contributed by atoms with Crippen molar-refractivity contribution in [1.82, 2.24) is 0 Å². The topological polar surface area (TPSA) is 45.6 Å². The summed E-state index contributed by atoms with van der Waals surface area (Å²) < 4.78 is 5.01. The van der Waals surface area contributed by atoms with E-state index in [-0.39, 0.29) is 0 Å². The van der Waals surface area contributed by atoms with Crippen molar-refractivity contribution in [3.63, 3.8) is 0 Å². The predicted molar refractivity (Wildman–Crippen MR) is 51.0 cm³/mol. The Labute approximate surface area is 77.6 Å². The number of methoxy groups -OCH3 is 1. The van der Waals surface area contributed by atoms with E-state index in [1.807, 2.05) is 31.2 Å². The fraction of sp³-hybridized carbons (Fsp3) is 0.300. The van der Waals surface area contributed by atoms with Gasteiger partial charge in [-0.25, -0.2) is 0 Å². The zero-order chi connectivity index (χ0) is 9.68. The Bertz CT molecular complexity index is 323. The van der Waals surface area contributed by atoms with Crippen LogP contribution in [-0.2, 0) is 0 Å². The number of hydrogen-bond donors (Lipinski definition) is 0. The van der Waals surface area contributed by atoms with Crippen molar-refractivity contribution in [3.05, 3.63) is 35.4 Å². The molecule has 0 amide bonds. The van der Waals surface area contributed by atoms with Crippen LogP contribution in [0.2, 0.25) is 0 Å². The number of hydrogen-bond acceptors (Lipinski definition) is 1. The van der Waals surface area contributed by atoms with E-state index >= 15 is 0 Å². The molecule has 0 aliphatic heterocycles. The monoisotopic (exact) mass is 176 g/mol. The van der Waals surface area contributed by atoms with E-state index in [1.54, 1.807) is 7.11 Å². The Kier molecular flexibility index (Phi) is 3.23. The Balaban J connectivity index is 2.98. The summed E-state index contributed by atoms with van der Waals surface area (Å²) in [6, 6.07) is 7.43. The Morgan fingerprint density at radius 2 is 2.00 bits per heavy atom. The third kappa shape index (κ3) is 2.17. The molecule has 0 saturated carbocycles. The Hall–Kier alpha value is -1.60. The summed E-state index contributed by atoms with van der Waals surface area (Å²) in [5.74, 6) is 0.803. The summed E-state index contributed by atoms with van der Waals surface area (Å²) in [5, 5.41) is 0. The van der Waals surface area contributed by atoms with Crippen LogP contribution in [0.3, 0.4) is 0 Å². The van der Waals surface area contributed by atoms with E-state index in [9.17, 15) is 0 Å². The van der Waals surface area contributed by atoms with Crippen LogP contribution in [0.25, 0.3) is 5.53 Å². The van der Waals surface area contributed by atoms with Crippen molar-refractivity contribution in [3.8, 4) is 5.75 Å². The van der Waals surface area contributed by atoms with Crippen molar-refractivity contribution in [2.45, 2.75) is 13.3 Å². The van der Waals surface area contributed by atoms with Gasteiger partial charge in [0.1, 0.15) is 5.75 Å². The standard InChI is InChI=1S/C10H12N2O/c1-3-10(12-11)8-4-6-9(13-2)7-5-8/h4-7H,3H2,1-2H3. The van der Waals surface area contributed by atoms with E-state index in [1.165, 1.54) is 0 Å². The maximum Gasteiger partial charge on any atom is 0.298 e. The molecular weight excluding hydrogens is 164 g/mol. The maximum atomic E-state index is 8.66. The molecule has 13 heavy (non-hydrogen) atoms. The molecule has 0 heterocycles. The average Bonchev–Trinajstić information content (AvgIpc) is 2.21. The Morgan fingerprint density at radius 1 is 1.38 bits per heavy atom. The van der Waals surface area contributed by atoms with Gasteiger partial charge in [-0.2, -0.15) is 4.79 Å². The van der Waals surface area contributed by atoms with Gasteiger partial charge in [0.05, 0.1) is 12.7 Å². The third-order valence-corrected chi connectivity index (χ3v) is 1.88. The third-order valence-electron chi connectivity index (χ3n) is 1.88. The minimum atomic E-state index is 0.683. The van der Waals surface area contributed by atoms with Crippen LogP contribution in [0.4, 0.5) is 0 Å². The summed E-state index contributed by atoms with van der Waals surface area (Å²) in [5.41, 5.74) is 10.3. The van der Waals surface area contributed by atoms with Crippen molar-refractivity contribution in [1.29, 1.82) is 0 Å². The highest BCUT2D eigenvalue weighted by Crippen LogP contribution is 2.12. The summed E-state index contributed by atoms with van der Waals surface area (Å²) in [6.07, 6.45) is 0.711. The van der Waals surface area contributed by atoms with Crippen LogP contribution < -0.4 is 4.74 Å². The molecule has 3 heteroatoms. The molecule has 0 N–H and O–H groups in total. The normalized spacial score (nSPS) is 9.08. The van der Waals surface area contributed by atoms with Crippen LogP contribution in [-0.4, -0.2) is 17.6 Å². The first-order valence-corrected chi connectivity index (χ1v) is 4.17. The molecule has 0 fully saturated rings. The molecule has 1 aromatic carbocycles. The lowest BCUT2D eigenvalue weighted by atomic mass is 10.1. The minimum Gasteiger partial charge on any atom is -0.497 e. The highest BCUT2D eigenvalue weighted by atomic mass is 16.5. The molecule has 3 nitrogen and oxygen atoms in total. The van der Waals surface area contributed by atoms with Crippen molar-refractivity contribution < 1.29 is 9.53 Å². The van der Waals surface area contributed by atoms with E-state index in [0.29, 0.717) is 12.1 Å². The highest BCUT2D eigenvalue weighted by molar-refractivity contribution is 5.96. The smallest absolute Gasteiger partial charge is 0.298 e. The first-order chi connectivity index (χ1) is 6.31. The number of ether oxygens (including phenoxy) is 1. The molecule has 0 atom stereocenters. The van der Waals surface area contributed by atoms with Crippen LogP contribution in [0.5, 0.6) is 5.75 Å². The van der Waals surface area contributed by atoms with Crippen molar-refractivity contribution in [2.24, 2.45) is 0 Å². The molecule has 0 bridgehead atoms. The summed E-state index contributed by atoms with van der Waals surface area (Å²) in [4.78, 5) is 3.21. The van der Waals surface area contributed by atoms with Gasteiger partial charge in [0.15, 0.2) is 0 Å². The quantitative estimate of drug-likeness (QED) is 0.395. The van der Waals surface area contributed by atoms with Gasteiger partial charge in [0.25, 0.3) is 5.71 Å². The Morgan fingerprint density at radius 3 is 2.38 bits per heavy atom.